The van der Waals surface area contributed by atoms with Crippen LogP contribution in [0.2, 0.25) is 10.2 Å². The molecule has 26 heavy (non-hydrogen) atoms. The number of hydrogen-bond donors (Lipinski definition) is 2. The molecule has 0 radical (unpaired) electrons. The molecule has 8 heteroatoms. The highest BCUT2D eigenvalue weighted by Crippen LogP contribution is 2.21. The lowest BCUT2D eigenvalue weighted by Crippen LogP contribution is -2.01. The van der Waals surface area contributed by atoms with Crippen molar-refractivity contribution in [2.45, 2.75) is 0 Å². The highest BCUT2D eigenvalue weighted by molar-refractivity contribution is 6.31. The summed E-state index contributed by atoms with van der Waals surface area (Å²) in [5.74, 6) is 0.746. The van der Waals surface area contributed by atoms with Crippen molar-refractivity contribution in [3.8, 4) is 6.07 Å². The van der Waals surface area contributed by atoms with Crippen molar-refractivity contribution in [1.82, 2.24) is 9.97 Å². The molecule has 3 aromatic rings. The van der Waals surface area contributed by atoms with Crippen LogP contribution in [0.4, 0.5) is 17.5 Å². The van der Waals surface area contributed by atoms with Crippen LogP contribution in [0.1, 0.15) is 11.1 Å². The van der Waals surface area contributed by atoms with Gasteiger partial charge < -0.3 is 5.32 Å². The van der Waals surface area contributed by atoms with E-state index < -0.39 is 0 Å². The second-order valence-electron chi connectivity index (χ2n) is 5.14. The van der Waals surface area contributed by atoms with E-state index in [1.54, 1.807) is 48.7 Å². The fourth-order valence-corrected chi connectivity index (χ4v) is 2.43. The van der Waals surface area contributed by atoms with Gasteiger partial charge in [0.05, 0.1) is 17.8 Å². The van der Waals surface area contributed by atoms with Gasteiger partial charge in [-0.15, -0.1) is 0 Å². The molecular weight excluding hydrogens is 371 g/mol. The van der Waals surface area contributed by atoms with E-state index in [1.165, 1.54) is 0 Å². The lowest BCUT2D eigenvalue weighted by atomic mass is 10.2. The molecule has 1 heterocycles. The molecule has 0 saturated carbocycles. The molecule has 6 nitrogen and oxygen atoms in total. The highest BCUT2D eigenvalue weighted by atomic mass is 35.5. The first-order chi connectivity index (χ1) is 12.6. The summed E-state index contributed by atoms with van der Waals surface area (Å²) in [7, 11) is 0. The molecular formula is C18H12Cl2N6. The molecule has 0 atom stereocenters. The summed E-state index contributed by atoms with van der Waals surface area (Å²) in [5, 5.41) is 16.8. The molecule has 0 aliphatic rings. The molecule has 128 valence electrons. The maximum Gasteiger partial charge on any atom is 0.246 e. The van der Waals surface area contributed by atoms with E-state index >= 15 is 0 Å². The molecule has 0 bridgehead atoms. The van der Waals surface area contributed by atoms with Crippen LogP contribution in [-0.2, 0) is 0 Å². The number of aromatic nitrogens is 2. The Morgan fingerprint density at radius 1 is 1.04 bits per heavy atom. The first kappa shape index (κ1) is 17.7. The standard InChI is InChI=1S/C18H12Cl2N6/c19-14-2-1-3-15(8-14)23-17-9-16(20)24-18(25-17)26-22-11-13-6-4-12(10-21)5-7-13/h1-9,11H,(H2,23,24,25,26)/b22-11+. The van der Waals surface area contributed by atoms with Crippen LogP contribution >= 0.6 is 23.2 Å². The van der Waals surface area contributed by atoms with E-state index in [9.17, 15) is 0 Å². The third kappa shape index (κ3) is 4.93. The number of nitriles is 1. The fourth-order valence-electron chi connectivity index (χ4n) is 2.05. The van der Waals surface area contributed by atoms with Gasteiger partial charge in [-0.1, -0.05) is 41.4 Å². The average Bonchev–Trinajstić information content (AvgIpc) is 2.62. The van der Waals surface area contributed by atoms with Crippen LogP contribution in [0.15, 0.2) is 59.7 Å². The van der Waals surface area contributed by atoms with Crippen LogP contribution in [0, 0.1) is 11.3 Å². The van der Waals surface area contributed by atoms with Gasteiger partial charge in [0, 0.05) is 16.8 Å². The normalized spacial score (nSPS) is 10.5. The SMILES string of the molecule is N#Cc1ccc(/C=N/Nc2nc(Cl)cc(Nc3cccc(Cl)c3)n2)cc1. The highest BCUT2D eigenvalue weighted by Gasteiger charge is 2.04. The number of anilines is 3. The minimum atomic E-state index is 0.243. The molecule has 2 N–H and O–H groups in total. The first-order valence-corrected chi connectivity index (χ1v) is 8.24. The van der Waals surface area contributed by atoms with Crippen molar-refractivity contribution >= 4 is 46.9 Å². The smallest absolute Gasteiger partial charge is 0.246 e. The van der Waals surface area contributed by atoms with Gasteiger partial charge >= 0.3 is 0 Å². The lowest BCUT2D eigenvalue weighted by molar-refractivity contribution is 1.12. The number of hydrogen-bond acceptors (Lipinski definition) is 6. The summed E-state index contributed by atoms with van der Waals surface area (Å²) in [6.45, 7) is 0. The summed E-state index contributed by atoms with van der Waals surface area (Å²) >= 11 is 12.0. The van der Waals surface area contributed by atoms with Crippen molar-refractivity contribution in [3.05, 3.63) is 75.9 Å². The second-order valence-corrected chi connectivity index (χ2v) is 5.96. The van der Waals surface area contributed by atoms with Crippen molar-refractivity contribution in [1.29, 1.82) is 5.26 Å². The number of nitrogens with one attached hydrogen (secondary N) is 2. The summed E-state index contributed by atoms with van der Waals surface area (Å²) in [6, 6.07) is 17.9. The summed E-state index contributed by atoms with van der Waals surface area (Å²) < 4.78 is 0. The Kier molecular flexibility index (Phi) is 5.64. The molecule has 0 amide bonds. The maximum absolute atomic E-state index is 8.79. The minimum Gasteiger partial charge on any atom is -0.340 e. The number of hydrazone groups is 1. The van der Waals surface area contributed by atoms with Crippen molar-refractivity contribution in [2.75, 3.05) is 10.7 Å². The molecule has 0 aliphatic heterocycles. The third-order valence-corrected chi connectivity index (χ3v) is 3.64. The first-order valence-electron chi connectivity index (χ1n) is 7.49. The van der Waals surface area contributed by atoms with Crippen molar-refractivity contribution in [2.24, 2.45) is 5.10 Å². The zero-order valence-corrected chi connectivity index (χ0v) is 14.8. The molecule has 2 aromatic carbocycles. The fraction of sp³-hybridized carbons (Fsp3) is 0. The average molecular weight is 383 g/mol. The Bertz CT molecular complexity index is 980. The topological polar surface area (TPSA) is 86.0 Å². The molecule has 0 spiro atoms. The molecule has 3 rings (SSSR count). The zero-order valence-electron chi connectivity index (χ0n) is 13.3. The predicted molar refractivity (Wildman–Crippen MR) is 104 cm³/mol. The molecule has 0 unspecified atom stereocenters. The van der Waals surface area contributed by atoms with Crippen molar-refractivity contribution < 1.29 is 0 Å². The van der Waals surface area contributed by atoms with Gasteiger partial charge in [-0.3, -0.25) is 0 Å². The molecule has 1 aromatic heterocycles. The van der Waals surface area contributed by atoms with Gasteiger partial charge in [-0.25, -0.2) is 5.43 Å². The molecule has 0 fully saturated rings. The third-order valence-electron chi connectivity index (χ3n) is 3.21. The second kappa shape index (κ2) is 8.30. The quantitative estimate of drug-likeness (QED) is 0.374. The largest absolute Gasteiger partial charge is 0.340 e. The van der Waals surface area contributed by atoms with Crippen LogP contribution in [0.5, 0.6) is 0 Å². The van der Waals surface area contributed by atoms with E-state index in [1.807, 2.05) is 12.1 Å². The lowest BCUT2D eigenvalue weighted by Gasteiger charge is -2.07. The monoisotopic (exact) mass is 382 g/mol. The Labute approximate surface area is 160 Å². The van der Waals surface area contributed by atoms with E-state index in [4.69, 9.17) is 28.5 Å². The van der Waals surface area contributed by atoms with E-state index in [0.717, 1.165) is 11.3 Å². The summed E-state index contributed by atoms with van der Waals surface area (Å²) in [6.07, 6.45) is 1.59. The van der Waals surface area contributed by atoms with Crippen LogP contribution in [-0.4, -0.2) is 16.2 Å². The predicted octanol–water partition coefficient (Wildman–Crippen LogP) is 4.84. The van der Waals surface area contributed by atoms with Crippen LogP contribution < -0.4 is 10.7 Å². The Morgan fingerprint density at radius 2 is 1.85 bits per heavy atom. The number of benzene rings is 2. The summed E-state index contributed by atoms with van der Waals surface area (Å²) in [5.41, 5.74) is 4.93. The number of nitrogens with zero attached hydrogens (tertiary/aromatic N) is 4. The molecule has 0 saturated heterocycles. The zero-order chi connectivity index (χ0) is 18.4. The van der Waals surface area contributed by atoms with E-state index in [2.05, 4.69) is 31.9 Å². The number of halogens is 2. The Balaban J connectivity index is 1.70. The van der Waals surface area contributed by atoms with E-state index in [0.29, 0.717) is 16.4 Å². The van der Waals surface area contributed by atoms with Crippen LogP contribution in [0.25, 0.3) is 0 Å². The molecule has 0 aliphatic carbocycles. The van der Waals surface area contributed by atoms with Gasteiger partial charge in [-0.2, -0.15) is 20.3 Å². The minimum absolute atomic E-state index is 0.243. The van der Waals surface area contributed by atoms with Gasteiger partial charge in [0.2, 0.25) is 5.95 Å². The maximum atomic E-state index is 8.79. The van der Waals surface area contributed by atoms with Crippen LogP contribution in [0.3, 0.4) is 0 Å². The van der Waals surface area contributed by atoms with Gasteiger partial charge in [0.25, 0.3) is 0 Å². The number of rotatable bonds is 5. The Morgan fingerprint density at radius 3 is 2.58 bits per heavy atom. The van der Waals surface area contributed by atoms with E-state index in [-0.39, 0.29) is 11.1 Å². The van der Waals surface area contributed by atoms with Gasteiger partial charge in [-0.05, 0) is 35.9 Å². The van der Waals surface area contributed by atoms with Gasteiger partial charge in [0.1, 0.15) is 11.0 Å². The summed E-state index contributed by atoms with van der Waals surface area (Å²) in [4.78, 5) is 8.37. The van der Waals surface area contributed by atoms with Gasteiger partial charge in [0.15, 0.2) is 0 Å². The van der Waals surface area contributed by atoms with Crippen molar-refractivity contribution in [3.63, 3.8) is 0 Å². The Hall–Kier alpha value is -3.14.